The normalized spacial score (nSPS) is 22.0. The molecule has 7 nitrogen and oxygen atoms in total. The number of piperidine rings is 1. The molecule has 1 saturated heterocycles. The molecular formula is C32H31ClF3N3O4. The predicted octanol–water partition coefficient (Wildman–Crippen LogP) is 6.69. The zero-order valence-corrected chi connectivity index (χ0v) is 23.9. The first kappa shape index (κ1) is 30.6. The molecule has 2 heterocycles. The molecule has 226 valence electrons. The van der Waals surface area contributed by atoms with E-state index in [-0.39, 0.29) is 19.6 Å². The van der Waals surface area contributed by atoms with Gasteiger partial charge in [0.25, 0.3) is 0 Å². The highest BCUT2D eigenvalue weighted by atomic mass is 35.5. The number of rotatable bonds is 7. The maximum Gasteiger partial charge on any atom is 0.416 e. The van der Waals surface area contributed by atoms with Crippen molar-refractivity contribution in [3.8, 4) is 5.75 Å². The number of nitrogens with two attached hydrogens (primary N) is 1. The van der Waals surface area contributed by atoms with Crippen molar-refractivity contribution in [1.29, 1.82) is 0 Å². The van der Waals surface area contributed by atoms with Crippen LogP contribution in [-0.2, 0) is 18.3 Å². The predicted molar refractivity (Wildman–Crippen MR) is 156 cm³/mol. The van der Waals surface area contributed by atoms with E-state index in [2.05, 4.69) is 0 Å². The van der Waals surface area contributed by atoms with Gasteiger partial charge in [-0.25, -0.2) is 4.79 Å². The summed E-state index contributed by atoms with van der Waals surface area (Å²) in [5.74, 6) is 0.378. The maximum absolute atomic E-state index is 13.8. The van der Waals surface area contributed by atoms with E-state index in [0.29, 0.717) is 47.2 Å². The minimum atomic E-state index is -4.50. The quantitative estimate of drug-likeness (QED) is 0.229. The van der Waals surface area contributed by atoms with Gasteiger partial charge >= 0.3 is 12.2 Å². The minimum Gasteiger partial charge on any atom is -0.633 e. The Hall–Kier alpha value is -3.83. The number of nitrogens with zero attached hydrogens (tertiary/aromatic N) is 2. The van der Waals surface area contributed by atoms with Crippen LogP contribution in [0.3, 0.4) is 0 Å². The molecule has 0 spiro atoms. The highest BCUT2D eigenvalue weighted by Gasteiger charge is 2.44. The first-order chi connectivity index (χ1) is 20.4. The van der Waals surface area contributed by atoms with Crippen LogP contribution in [0.15, 0.2) is 96.9 Å². The van der Waals surface area contributed by atoms with E-state index in [1.165, 1.54) is 17.0 Å². The van der Waals surface area contributed by atoms with Crippen LogP contribution in [0.4, 0.5) is 18.0 Å². The second kappa shape index (κ2) is 12.0. The van der Waals surface area contributed by atoms with Crippen LogP contribution < -0.4 is 10.5 Å². The smallest absolute Gasteiger partial charge is 0.416 e. The van der Waals surface area contributed by atoms with Crippen LogP contribution in [0.2, 0.25) is 5.02 Å². The lowest BCUT2D eigenvalue weighted by molar-refractivity contribution is -0.900. The Bertz CT molecular complexity index is 1500. The van der Waals surface area contributed by atoms with Gasteiger partial charge < -0.3 is 25.4 Å². The number of carbonyl (C=O) groups excluding carboxylic acids is 1. The Kier molecular flexibility index (Phi) is 8.58. The number of benzene rings is 3. The summed E-state index contributed by atoms with van der Waals surface area (Å²) in [6.07, 6.45) is 1.40. The maximum atomic E-state index is 13.8. The van der Waals surface area contributed by atoms with Crippen LogP contribution in [-0.4, -0.2) is 40.3 Å². The van der Waals surface area contributed by atoms with Gasteiger partial charge in [-0.15, -0.1) is 0 Å². The molecular weight excluding hydrogens is 583 g/mol. The summed E-state index contributed by atoms with van der Waals surface area (Å²) in [4.78, 5) is 13.0. The molecule has 1 fully saturated rings. The Morgan fingerprint density at radius 3 is 2.09 bits per heavy atom. The molecule has 3 aromatic carbocycles. The molecule has 1 atom stereocenters. The number of alkyl halides is 3. The van der Waals surface area contributed by atoms with Crippen LogP contribution in [0, 0.1) is 11.1 Å². The number of hydrogen-bond acceptors (Lipinski definition) is 4. The Morgan fingerprint density at radius 2 is 1.53 bits per heavy atom. The fourth-order valence-electron chi connectivity index (χ4n) is 5.77. The third kappa shape index (κ3) is 6.73. The molecule has 43 heavy (non-hydrogen) atoms. The van der Waals surface area contributed by atoms with Crippen LogP contribution in [0.1, 0.15) is 35.1 Å². The van der Waals surface area contributed by atoms with Crippen molar-refractivity contribution < 1.29 is 32.5 Å². The average Bonchev–Trinajstić information content (AvgIpc) is 2.98. The molecule has 3 aromatic rings. The molecule has 0 bridgehead atoms. The van der Waals surface area contributed by atoms with Gasteiger partial charge in [-0.3, -0.25) is 4.90 Å². The van der Waals surface area contributed by atoms with E-state index < -0.39 is 33.9 Å². The fraction of sp³-hybridized carbons (Fsp3) is 0.281. The van der Waals surface area contributed by atoms with E-state index in [0.717, 1.165) is 17.7 Å². The van der Waals surface area contributed by atoms with E-state index in [9.17, 15) is 28.3 Å². The number of allylic oxidation sites excluding steroid dienone is 2. The molecule has 2 aliphatic heterocycles. The van der Waals surface area contributed by atoms with Gasteiger partial charge in [0.05, 0.1) is 18.7 Å². The summed E-state index contributed by atoms with van der Waals surface area (Å²) in [7, 11) is 0. The zero-order valence-electron chi connectivity index (χ0n) is 23.1. The molecule has 0 saturated carbocycles. The number of ether oxygens (including phenoxy) is 1. The highest BCUT2D eigenvalue weighted by Crippen LogP contribution is 2.44. The SMILES string of the molecule is NC(=O)N1CC=CC=C1Oc1ccc(C[N+]2([O-])CCC(C(O)(c3ccc(Cl)cc3)c3ccc(C(F)(F)F)cc3)CC2)cc1. The molecule has 11 heteroatoms. The summed E-state index contributed by atoms with van der Waals surface area (Å²) in [5, 5.41) is 26.4. The number of halogens is 4. The summed E-state index contributed by atoms with van der Waals surface area (Å²) in [6.45, 7) is 0.937. The number of carbonyl (C=O) groups is 1. The fourth-order valence-corrected chi connectivity index (χ4v) is 5.90. The number of primary amides is 1. The van der Waals surface area contributed by atoms with E-state index in [1.807, 2.05) is 0 Å². The summed E-state index contributed by atoms with van der Waals surface area (Å²) in [6, 6.07) is 17.5. The van der Waals surface area contributed by atoms with Gasteiger partial charge in [0.1, 0.15) is 17.9 Å². The summed E-state index contributed by atoms with van der Waals surface area (Å²) in [5.41, 5.74) is 4.62. The Balaban J connectivity index is 1.30. The van der Waals surface area contributed by atoms with Gasteiger partial charge in [0.2, 0.25) is 5.88 Å². The van der Waals surface area contributed by atoms with Crippen molar-refractivity contribution in [2.75, 3.05) is 19.6 Å². The highest BCUT2D eigenvalue weighted by molar-refractivity contribution is 6.30. The summed E-state index contributed by atoms with van der Waals surface area (Å²) < 4.78 is 45.0. The van der Waals surface area contributed by atoms with Crippen molar-refractivity contribution in [3.63, 3.8) is 0 Å². The van der Waals surface area contributed by atoms with Gasteiger partial charge in [-0.05, 0) is 65.7 Å². The molecule has 1 unspecified atom stereocenters. The third-order valence-electron chi connectivity index (χ3n) is 8.11. The Morgan fingerprint density at radius 1 is 0.977 bits per heavy atom. The standard InChI is InChI=1S/C32H31ClF3N3O4/c33-27-12-10-24(11-13-27)31(41,23-6-8-26(9-7-23)32(34,35)36)25-16-19-39(42,20-17-25)21-22-4-14-28(15-5-22)43-29-3-1-2-18-38(29)30(37)40/h1-15,25,41H,16-21H2,(H2,37,40). The second-order valence-electron chi connectivity index (χ2n) is 10.9. The first-order valence-electron chi connectivity index (χ1n) is 13.8. The molecule has 0 radical (unpaired) electrons. The number of hydroxylamine groups is 3. The lowest BCUT2D eigenvalue weighted by Crippen LogP contribution is -2.51. The van der Waals surface area contributed by atoms with E-state index in [4.69, 9.17) is 22.1 Å². The lowest BCUT2D eigenvalue weighted by Gasteiger charge is -2.50. The van der Waals surface area contributed by atoms with E-state index >= 15 is 0 Å². The Labute approximate surface area is 252 Å². The van der Waals surface area contributed by atoms with Crippen LogP contribution >= 0.6 is 11.6 Å². The van der Waals surface area contributed by atoms with Gasteiger partial charge in [-0.2, -0.15) is 13.2 Å². The molecule has 5 rings (SSSR count). The number of aliphatic hydroxyl groups is 1. The number of amides is 2. The monoisotopic (exact) mass is 613 g/mol. The van der Waals surface area contributed by atoms with Gasteiger partial charge in [0, 0.05) is 35.9 Å². The lowest BCUT2D eigenvalue weighted by atomic mass is 9.71. The molecule has 3 N–H and O–H groups in total. The average molecular weight is 614 g/mol. The van der Waals surface area contributed by atoms with Crippen molar-refractivity contribution in [1.82, 2.24) is 4.90 Å². The van der Waals surface area contributed by atoms with E-state index in [1.54, 1.807) is 66.8 Å². The minimum absolute atomic E-state index is 0.200. The van der Waals surface area contributed by atoms with Gasteiger partial charge in [0.15, 0.2) is 0 Å². The zero-order chi connectivity index (χ0) is 30.8. The first-order valence-corrected chi connectivity index (χ1v) is 14.2. The molecule has 0 aromatic heterocycles. The largest absolute Gasteiger partial charge is 0.633 e. The number of quaternary nitrogens is 1. The topological polar surface area (TPSA) is 98.9 Å². The number of likely N-dealkylation sites (tertiary alicyclic amines) is 1. The molecule has 0 aliphatic carbocycles. The molecule has 2 aliphatic rings. The van der Waals surface area contributed by atoms with Gasteiger partial charge in [-0.1, -0.05) is 48.0 Å². The van der Waals surface area contributed by atoms with Crippen molar-refractivity contribution in [3.05, 3.63) is 129 Å². The van der Waals surface area contributed by atoms with Crippen LogP contribution in [0.5, 0.6) is 5.75 Å². The summed E-state index contributed by atoms with van der Waals surface area (Å²) >= 11 is 6.07. The third-order valence-corrected chi connectivity index (χ3v) is 8.36. The van der Waals surface area contributed by atoms with Crippen molar-refractivity contribution >= 4 is 17.6 Å². The van der Waals surface area contributed by atoms with Crippen molar-refractivity contribution in [2.24, 2.45) is 11.7 Å². The number of urea groups is 1. The molecule has 2 amide bonds. The number of hydrogen-bond donors (Lipinski definition) is 2. The second-order valence-corrected chi connectivity index (χ2v) is 11.4. The van der Waals surface area contributed by atoms with Crippen molar-refractivity contribution in [2.45, 2.75) is 31.2 Å². The van der Waals surface area contributed by atoms with Crippen LogP contribution in [0.25, 0.3) is 0 Å².